The molecule has 4 rings (SSSR count). The largest absolute Gasteiger partial charge is 0.353 e. The van der Waals surface area contributed by atoms with E-state index >= 15 is 0 Å². The van der Waals surface area contributed by atoms with E-state index in [2.05, 4.69) is 10.2 Å². The van der Waals surface area contributed by atoms with Gasteiger partial charge in [0.05, 0.1) is 10.6 Å². The smallest absolute Gasteiger partial charge is 0.265 e. The average Bonchev–Trinajstić information content (AvgIpc) is 3.26. The van der Waals surface area contributed by atoms with Crippen LogP contribution in [-0.2, 0) is 9.59 Å². The van der Waals surface area contributed by atoms with Crippen molar-refractivity contribution < 1.29 is 9.59 Å². The SMILES string of the molecule is O=C(CN1C(=O)/C(=C\c2ccc(Cl)cc2)Sc2ccccc21)NCCN1CCCC1. The molecule has 0 aliphatic carbocycles. The van der Waals surface area contributed by atoms with E-state index in [0.717, 1.165) is 35.8 Å². The summed E-state index contributed by atoms with van der Waals surface area (Å²) in [5.74, 6) is -0.307. The summed E-state index contributed by atoms with van der Waals surface area (Å²) in [6, 6.07) is 15.0. The average molecular weight is 442 g/mol. The first-order chi connectivity index (χ1) is 14.6. The minimum Gasteiger partial charge on any atom is -0.353 e. The quantitative estimate of drug-likeness (QED) is 0.687. The lowest BCUT2D eigenvalue weighted by molar-refractivity contribution is -0.122. The van der Waals surface area contributed by atoms with Gasteiger partial charge in [-0.15, -0.1) is 0 Å². The van der Waals surface area contributed by atoms with Crippen LogP contribution in [0.15, 0.2) is 58.3 Å². The number of anilines is 1. The summed E-state index contributed by atoms with van der Waals surface area (Å²) in [6.45, 7) is 3.67. The second-order valence-electron chi connectivity index (χ2n) is 7.42. The van der Waals surface area contributed by atoms with E-state index in [0.29, 0.717) is 16.5 Å². The van der Waals surface area contributed by atoms with Gasteiger partial charge in [0, 0.05) is 23.0 Å². The highest BCUT2D eigenvalue weighted by Crippen LogP contribution is 2.41. The van der Waals surface area contributed by atoms with Crippen LogP contribution in [0.3, 0.4) is 0 Å². The molecule has 1 fully saturated rings. The number of nitrogens with one attached hydrogen (secondary N) is 1. The van der Waals surface area contributed by atoms with Gasteiger partial charge in [0.15, 0.2) is 0 Å². The molecule has 2 aromatic carbocycles. The summed E-state index contributed by atoms with van der Waals surface area (Å²) >= 11 is 7.39. The molecule has 2 heterocycles. The third kappa shape index (κ3) is 5.06. The molecule has 1 N–H and O–H groups in total. The number of likely N-dealkylation sites (tertiary alicyclic amines) is 1. The van der Waals surface area contributed by atoms with E-state index in [1.54, 1.807) is 17.0 Å². The Labute approximate surface area is 186 Å². The maximum absolute atomic E-state index is 13.2. The summed E-state index contributed by atoms with van der Waals surface area (Å²) in [4.78, 5) is 31.2. The number of halogens is 1. The lowest BCUT2D eigenvalue weighted by Gasteiger charge is -2.30. The molecule has 1 saturated heterocycles. The fourth-order valence-corrected chi connectivity index (χ4v) is 4.87. The summed E-state index contributed by atoms with van der Waals surface area (Å²) in [5, 5.41) is 3.61. The van der Waals surface area contributed by atoms with Crippen molar-refractivity contribution in [1.29, 1.82) is 0 Å². The molecule has 0 atom stereocenters. The highest BCUT2D eigenvalue weighted by Gasteiger charge is 2.30. The number of carbonyl (C=O) groups excluding carboxylic acids is 2. The lowest BCUT2D eigenvalue weighted by atomic mass is 10.2. The van der Waals surface area contributed by atoms with Crippen LogP contribution >= 0.6 is 23.4 Å². The van der Waals surface area contributed by atoms with Crippen LogP contribution in [0.4, 0.5) is 5.69 Å². The highest BCUT2D eigenvalue weighted by molar-refractivity contribution is 8.04. The zero-order valence-electron chi connectivity index (χ0n) is 16.6. The summed E-state index contributed by atoms with van der Waals surface area (Å²) < 4.78 is 0. The Kier molecular flexibility index (Phi) is 6.77. The summed E-state index contributed by atoms with van der Waals surface area (Å²) in [7, 11) is 0. The molecule has 0 unspecified atom stereocenters. The zero-order chi connectivity index (χ0) is 20.9. The standard InChI is InChI=1S/C23H24ClN3O2S/c24-18-9-7-17(8-10-18)15-21-23(29)27(19-5-1-2-6-20(19)30-21)16-22(28)25-11-14-26-12-3-4-13-26/h1-2,5-10,15H,3-4,11-14,16H2,(H,25,28)/b21-15+. The Bertz CT molecular complexity index is 955. The molecule has 2 amide bonds. The van der Waals surface area contributed by atoms with Crippen LogP contribution < -0.4 is 10.2 Å². The second kappa shape index (κ2) is 9.69. The van der Waals surface area contributed by atoms with Crippen LogP contribution in [0, 0.1) is 0 Å². The Morgan fingerprint density at radius 2 is 1.83 bits per heavy atom. The van der Waals surface area contributed by atoms with E-state index in [1.165, 1.54) is 24.6 Å². The maximum Gasteiger partial charge on any atom is 0.265 e. The van der Waals surface area contributed by atoms with Gasteiger partial charge in [-0.3, -0.25) is 14.5 Å². The van der Waals surface area contributed by atoms with Crippen molar-refractivity contribution in [1.82, 2.24) is 10.2 Å². The summed E-state index contributed by atoms with van der Waals surface area (Å²) in [6.07, 6.45) is 4.30. The predicted octanol–water partition coefficient (Wildman–Crippen LogP) is 4.03. The number of amides is 2. The normalized spacial score (nSPS) is 18.0. The monoisotopic (exact) mass is 441 g/mol. The van der Waals surface area contributed by atoms with Crippen LogP contribution in [0.25, 0.3) is 6.08 Å². The van der Waals surface area contributed by atoms with Crippen molar-refractivity contribution in [3.8, 4) is 0 Å². The minimum atomic E-state index is -0.164. The van der Waals surface area contributed by atoms with Gasteiger partial charge in [0.1, 0.15) is 6.54 Å². The highest BCUT2D eigenvalue weighted by atomic mass is 35.5. The van der Waals surface area contributed by atoms with Crippen LogP contribution in [-0.4, -0.2) is 49.4 Å². The van der Waals surface area contributed by atoms with Gasteiger partial charge >= 0.3 is 0 Å². The van der Waals surface area contributed by atoms with Crippen molar-refractivity contribution in [3.05, 3.63) is 64.0 Å². The summed E-state index contributed by atoms with van der Waals surface area (Å²) in [5.41, 5.74) is 1.67. The molecule has 30 heavy (non-hydrogen) atoms. The number of para-hydroxylation sites is 1. The van der Waals surface area contributed by atoms with Gasteiger partial charge in [0.25, 0.3) is 5.91 Å². The van der Waals surface area contributed by atoms with Gasteiger partial charge in [-0.2, -0.15) is 0 Å². The first-order valence-corrected chi connectivity index (χ1v) is 11.3. The fraction of sp³-hybridized carbons (Fsp3) is 0.304. The molecular weight excluding hydrogens is 418 g/mol. The van der Waals surface area contributed by atoms with Gasteiger partial charge in [-0.1, -0.05) is 47.6 Å². The van der Waals surface area contributed by atoms with E-state index in [-0.39, 0.29) is 18.4 Å². The van der Waals surface area contributed by atoms with E-state index in [9.17, 15) is 9.59 Å². The molecule has 0 radical (unpaired) electrons. The molecule has 0 aromatic heterocycles. The maximum atomic E-state index is 13.2. The molecule has 7 heteroatoms. The molecular formula is C23H24ClN3O2S. The third-order valence-corrected chi connectivity index (χ3v) is 6.58. The fourth-order valence-electron chi connectivity index (χ4n) is 3.69. The molecule has 0 spiro atoms. The molecule has 2 aromatic rings. The molecule has 2 aliphatic rings. The number of benzene rings is 2. The van der Waals surface area contributed by atoms with Gasteiger partial charge in [-0.25, -0.2) is 0 Å². The Hall–Kier alpha value is -2.28. The Morgan fingerprint density at radius 3 is 2.60 bits per heavy atom. The number of hydrogen-bond acceptors (Lipinski definition) is 4. The number of hydrogen-bond donors (Lipinski definition) is 1. The molecule has 5 nitrogen and oxygen atoms in total. The minimum absolute atomic E-state index is 0.00830. The van der Waals surface area contributed by atoms with E-state index in [1.807, 2.05) is 42.5 Å². The van der Waals surface area contributed by atoms with Crippen LogP contribution in [0.2, 0.25) is 5.02 Å². The second-order valence-corrected chi connectivity index (χ2v) is 8.94. The van der Waals surface area contributed by atoms with Crippen LogP contribution in [0.5, 0.6) is 0 Å². The van der Waals surface area contributed by atoms with Gasteiger partial charge in [0.2, 0.25) is 5.91 Å². The number of nitrogens with zero attached hydrogens (tertiary/aromatic N) is 2. The predicted molar refractivity (Wildman–Crippen MR) is 123 cm³/mol. The molecule has 0 saturated carbocycles. The van der Waals surface area contributed by atoms with Crippen molar-refractivity contribution in [2.75, 3.05) is 37.6 Å². The van der Waals surface area contributed by atoms with Gasteiger partial charge < -0.3 is 10.2 Å². The van der Waals surface area contributed by atoms with Crippen LogP contribution in [0.1, 0.15) is 18.4 Å². The molecule has 0 bridgehead atoms. The van der Waals surface area contributed by atoms with Gasteiger partial charge in [-0.05, 0) is 61.8 Å². The molecule has 156 valence electrons. The van der Waals surface area contributed by atoms with Crippen molar-refractivity contribution in [3.63, 3.8) is 0 Å². The first kappa shape index (κ1) is 21.0. The topological polar surface area (TPSA) is 52.7 Å². The molecule has 2 aliphatic heterocycles. The first-order valence-electron chi connectivity index (χ1n) is 10.2. The van der Waals surface area contributed by atoms with Crippen molar-refractivity contribution >= 4 is 46.9 Å². The lowest BCUT2D eigenvalue weighted by Crippen LogP contribution is -2.44. The van der Waals surface area contributed by atoms with E-state index in [4.69, 9.17) is 11.6 Å². The Balaban J connectivity index is 1.48. The number of rotatable bonds is 6. The number of carbonyl (C=O) groups is 2. The Morgan fingerprint density at radius 1 is 1.10 bits per heavy atom. The van der Waals surface area contributed by atoms with Crippen molar-refractivity contribution in [2.45, 2.75) is 17.7 Å². The zero-order valence-corrected chi connectivity index (χ0v) is 18.2. The van der Waals surface area contributed by atoms with Crippen molar-refractivity contribution in [2.24, 2.45) is 0 Å². The number of thioether (sulfide) groups is 1. The number of fused-ring (bicyclic) bond motifs is 1. The third-order valence-electron chi connectivity index (χ3n) is 5.25. The van der Waals surface area contributed by atoms with E-state index < -0.39 is 0 Å².